The third-order valence-corrected chi connectivity index (χ3v) is 5.68. The summed E-state index contributed by atoms with van der Waals surface area (Å²) in [6.07, 6.45) is 1.12. The average Bonchev–Trinajstić information content (AvgIpc) is 3.25. The Kier molecular flexibility index (Phi) is 6.71. The zero-order valence-electron chi connectivity index (χ0n) is 16.7. The van der Waals surface area contributed by atoms with Gasteiger partial charge < -0.3 is 15.7 Å². The van der Waals surface area contributed by atoms with E-state index in [2.05, 4.69) is 20.6 Å². The minimum atomic E-state index is -1.03. The van der Waals surface area contributed by atoms with Gasteiger partial charge in [0.1, 0.15) is 28.4 Å². The summed E-state index contributed by atoms with van der Waals surface area (Å²) in [7, 11) is 0. The fourth-order valence-corrected chi connectivity index (χ4v) is 3.59. The number of carboxylic acids is 1. The van der Waals surface area contributed by atoms with Crippen molar-refractivity contribution < 1.29 is 23.9 Å². The third-order valence-electron chi connectivity index (χ3n) is 4.42. The highest BCUT2D eigenvalue weighted by atomic mass is 32.1. The predicted molar refractivity (Wildman–Crippen MR) is 111 cm³/mol. The monoisotopic (exact) mass is 442 g/mol. The molecule has 0 unspecified atom stereocenters. The van der Waals surface area contributed by atoms with Crippen LogP contribution in [0.3, 0.4) is 0 Å². The molecule has 1 atom stereocenters. The standard InChI is InChI=1S/C21H19FN4O4S/c1-11-7-13(3-4-14(11)22)9-23-19(27)15-8-16(25-10-24-15)20(28)26-12(2)17-5-6-18(31-17)21(29)30/h3-8,10,12H,9H2,1-2H3,(H,23,27)(H,26,28)(H,29,30)/t12-/m0/s1. The van der Waals surface area contributed by atoms with Gasteiger partial charge in [-0.25, -0.2) is 19.2 Å². The molecule has 0 fully saturated rings. The number of amides is 2. The highest BCUT2D eigenvalue weighted by molar-refractivity contribution is 7.14. The molecule has 3 aromatic rings. The van der Waals surface area contributed by atoms with Crippen molar-refractivity contribution in [2.45, 2.75) is 26.4 Å². The van der Waals surface area contributed by atoms with Gasteiger partial charge in [-0.3, -0.25) is 9.59 Å². The Bertz CT molecular complexity index is 1150. The van der Waals surface area contributed by atoms with E-state index in [1.54, 1.807) is 32.0 Å². The summed E-state index contributed by atoms with van der Waals surface area (Å²) in [5.74, 6) is -2.38. The molecule has 2 heterocycles. The van der Waals surface area contributed by atoms with Crippen LogP contribution in [0.2, 0.25) is 0 Å². The van der Waals surface area contributed by atoms with Gasteiger partial charge in [-0.1, -0.05) is 12.1 Å². The maximum absolute atomic E-state index is 13.4. The van der Waals surface area contributed by atoms with Gasteiger partial charge in [0.25, 0.3) is 11.8 Å². The van der Waals surface area contributed by atoms with Crippen LogP contribution in [0.5, 0.6) is 0 Å². The van der Waals surface area contributed by atoms with E-state index >= 15 is 0 Å². The molecular formula is C21H19FN4O4S. The smallest absolute Gasteiger partial charge is 0.345 e. The first-order valence-corrected chi connectivity index (χ1v) is 10.1. The van der Waals surface area contributed by atoms with Crippen LogP contribution in [-0.2, 0) is 6.54 Å². The zero-order valence-corrected chi connectivity index (χ0v) is 17.5. The summed E-state index contributed by atoms with van der Waals surface area (Å²) in [5, 5.41) is 14.4. The largest absolute Gasteiger partial charge is 0.477 e. The van der Waals surface area contributed by atoms with E-state index in [1.165, 1.54) is 18.2 Å². The van der Waals surface area contributed by atoms with Crippen LogP contribution < -0.4 is 10.6 Å². The summed E-state index contributed by atoms with van der Waals surface area (Å²) in [4.78, 5) is 44.6. The number of carboxylic acid groups (broad SMARTS) is 1. The van der Waals surface area contributed by atoms with Gasteiger partial charge >= 0.3 is 5.97 Å². The van der Waals surface area contributed by atoms with Crippen molar-refractivity contribution in [2.24, 2.45) is 0 Å². The molecule has 0 spiro atoms. The van der Waals surface area contributed by atoms with Gasteiger partial charge in [0, 0.05) is 17.5 Å². The lowest BCUT2D eigenvalue weighted by Gasteiger charge is -2.12. The van der Waals surface area contributed by atoms with E-state index in [0.29, 0.717) is 10.4 Å². The second kappa shape index (κ2) is 9.43. The molecule has 0 aliphatic rings. The summed E-state index contributed by atoms with van der Waals surface area (Å²) in [6.45, 7) is 3.53. The number of halogens is 1. The second-order valence-corrected chi connectivity index (χ2v) is 7.87. The van der Waals surface area contributed by atoms with E-state index in [1.807, 2.05) is 0 Å². The average molecular weight is 442 g/mol. The normalized spacial score (nSPS) is 11.6. The maximum Gasteiger partial charge on any atom is 0.345 e. The van der Waals surface area contributed by atoms with Crippen molar-refractivity contribution in [1.82, 2.24) is 20.6 Å². The molecule has 0 aliphatic heterocycles. The van der Waals surface area contributed by atoms with E-state index in [-0.39, 0.29) is 28.6 Å². The molecule has 160 valence electrons. The number of aryl methyl sites for hydroxylation is 1. The first-order valence-electron chi connectivity index (χ1n) is 9.23. The molecule has 3 rings (SSSR count). The first kappa shape index (κ1) is 22.0. The molecule has 10 heteroatoms. The Balaban J connectivity index is 1.63. The van der Waals surface area contributed by atoms with Crippen LogP contribution in [0.1, 0.15) is 59.6 Å². The van der Waals surface area contributed by atoms with Crippen molar-refractivity contribution in [2.75, 3.05) is 0 Å². The van der Waals surface area contributed by atoms with Crippen LogP contribution in [0, 0.1) is 12.7 Å². The number of nitrogens with one attached hydrogen (secondary N) is 2. The topological polar surface area (TPSA) is 121 Å². The summed E-state index contributed by atoms with van der Waals surface area (Å²) < 4.78 is 13.4. The lowest BCUT2D eigenvalue weighted by molar-refractivity contribution is 0.0701. The van der Waals surface area contributed by atoms with Crippen molar-refractivity contribution in [3.8, 4) is 0 Å². The van der Waals surface area contributed by atoms with Gasteiger partial charge in [-0.2, -0.15) is 0 Å². The summed E-state index contributed by atoms with van der Waals surface area (Å²) in [6, 6.07) is 8.47. The molecule has 0 aliphatic carbocycles. The number of benzene rings is 1. The highest BCUT2D eigenvalue weighted by Crippen LogP contribution is 2.23. The molecule has 3 N–H and O–H groups in total. The molecule has 2 amide bonds. The van der Waals surface area contributed by atoms with Gasteiger partial charge in [0.15, 0.2) is 0 Å². The fraction of sp³-hybridized carbons (Fsp3) is 0.190. The van der Waals surface area contributed by atoms with Gasteiger partial charge in [0.2, 0.25) is 0 Å². The Morgan fingerprint density at radius 3 is 2.45 bits per heavy atom. The quantitative estimate of drug-likeness (QED) is 0.517. The fourth-order valence-electron chi connectivity index (χ4n) is 2.74. The van der Waals surface area contributed by atoms with Crippen molar-refractivity contribution in [1.29, 1.82) is 0 Å². The predicted octanol–water partition coefficient (Wildman–Crippen LogP) is 3.10. The van der Waals surface area contributed by atoms with E-state index < -0.39 is 23.8 Å². The molecule has 0 radical (unpaired) electrons. The van der Waals surface area contributed by atoms with E-state index in [0.717, 1.165) is 23.2 Å². The minimum absolute atomic E-state index is 0.000333. The summed E-state index contributed by atoms with van der Waals surface area (Å²) in [5.41, 5.74) is 1.21. The SMILES string of the molecule is Cc1cc(CNC(=O)c2cc(C(=O)N[C@@H](C)c3ccc(C(=O)O)s3)ncn2)ccc1F. The Morgan fingerprint density at radius 1 is 1.10 bits per heavy atom. The number of aromatic nitrogens is 2. The number of thiophene rings is 1. The Hall–Kier alpha value is -3.66. The molecule has 0 saturated heterocycles. The zero-order chi connectivity index (χ0) is 22.5. The molecule has 31 heavy (non-hydrogen) atoms. The number of hydrogen-bond donors (Lipinski definition) is 3. The van der Waals surface area contributed by atoms with Gasteiger partial charge in [-0.05, 0) is 43.2 Å². The van der Waals surface area contributed by atoms with Crippen molar-refractivity contribution in [3.05, 3.63) is 80.8 Å². The lowest BCUT2D eigenvalue weighted by Crippen LogP contribution is -2.28. The van der Waals surface area contributed by atoms with Gasteiger partial charge in [0.05, 0.1) is 6.04 Å². The van der Waals surface area contributed by atoms with Crippen molar-refractivity contribution in [3.63, 3.8) is 0 Å². The molecule has 0 bridgehead atoms. The van der Waals surface area contributed by atoms with Crippen LogP contribution in [-0.4, -0.2) is 32.9 Å². The van der Waals surface area contributed by atoms with Crippen LogP contribution in [0.25, 0.3) is 0 Å². The lowest BCUT2D eigenvalue weighted by atomic mass is 10.1. The number of aromatic carboxylic acids is 1. The van der Waals surface area contributed by atoms with Crippen LogP contribution in [0.4, 0.5) is 4.39 Å². The third kappa shape index (κ3) is 5.48. The van der Waals surface area contributed by atoms with Gasteiger partial charge in [-0.15, -0.1) is 11.3 Å². The number of nitrogens with zero attached hydrogens (tertiary/aromatic N) is 2. The number of hydrogen-bond acceptors (Lipinski definition) is 6. The second-order valence-electron chi connectivity index (χ2n) is 6.76. The number of rotatable bonds is 7. The first-order chi connectivity index (χ1) is 14.7. The van der Waals surface area contributed by atoms with Crippen molar-refractivity contribution >= 4 is 29.1 Å². The number of carbonyl (C=O) groups is 3. The molecular weight excluding hydrogens is 423 g/mol. The van der Waals surface area contributed by atoms with Crippen LogP contribution in [0.15, 0.2) is 42.7 Å². The van der Waals surface area contributed by atoms with Crippen LogP contribution >= 0.6 is 11.3 Å². The molecule has 0 saturated carbocycles. The Morgan fingerprint density at radius 2 is 1.81 bits per heavy atom. The van der Waals surface area contributed by atoms with E-state index in [4.69, 9.17) is 5.11 Å². The molecule has 1 aromatic carbocycles. The van der Waals surface area contributed by atoms with E-state index in [9.17, 15) is 18.8 Å². The Labute approximate surface area is 181 Å². The highest BCUT2D eigenvalue weighted by Gasteiger charge is 2.18. The molecule has 2 aromatic heterocycles. The maximum atomic E-state index is 13.4. The summed E-state index contributed by atoms with van der Waals surface area (Å²) >= 11 is 1.07. The molecule has 8 nitrogen and oxygen atoms in total. The minimum Gasteiger partial charge on any atom is -0.477 e. The number of carbonyl (C=O) groups excluding carboxylic acids is 2.